The second-order valence-corrected chi connectivity index (χ2v) is 2.75. The van der Waals surface area contributed by atoms with E-state index in [2.05, 4.69) is 4.84 Å². The lowest BCUT2D eigenvalue weighted by atomic mass is 10.1. The summed E-state index contributed by atoms with van der Waals surface area (Å²) in [4.78, 5) is 24.9. The van der Waals surface area contributed by atoms with Gasteiger partial charge in [0, 0.05) is 5.56 Å². The fourth-order valence-corrected chi connectivity index (χ4v) is 0.963. The van der Waals surface area contributed by atoms with Gasteiger partial charge in [-0.15, -0.1) is 10.1 Å². The highest BCUT2D eigenvalue weighted by Crippen LogP contribution is 2.06. The molecular formula is C13H21NO4. The molecule has 1 rings (SSSR count). The first-order valence-electron chi connectivity index (χ1n) is 5.97. The largest absolute Gasteiger partial charge is 0.309 e. The quantitative estimate of drug-likeness (QED) is 0.468. The lowest BCUT2D eigenvalue weighted by Crippen LogP contribution is -2.00. The predicted molar refractivity (Wildman–Crippen MR) is 70.9 cm³/mol. The average Bonchev–Trinajstić information content (AvgIpc) is 2.41. The van der Waals surface area contributed by atoms with E-state index in [4.69, 9.17) is 0 Å². The molecule has 0 aliphatic carbocycles. The van der Waals surface area contributed by atoms with Crippen LogP contribution in [0.2, 0.25) is 0 Å². The van der Waals surface area contributed by atoms with Crippen LogP contribution in [0.3, 0.4) is 0 Å². The Hall–Kier alpha value is -1.91. The Morgan fingerprint density at radius 3 is 1.94 bits per heavy atom. The zero-order valence-corrected chi connectivity index (χ0v) is 11.6. The molecule has 1 aromatic rings. The van der Waals surface area contributed by atoms with Crippen LogP contribution in [0.1, 0.15) is 50.5 Å². The standard InChI is InChI=1S/C9H9NO4.2C2H6/c1-7(11)9-4-2-8(3-5-9)6-14-10(12)13;2*1-2/h2-5H,6H2,1H3;2*1-2H3. The summed E-state index contributed by atoms with van der Waals surface area (Å²) in [6.45, 7) is 9.37. The molecule has 0 bridgehead atoms. The molecule has 18 heavy (non-hydrogen) atoms. The SMILES string of the molecule is CC.CC.CC(=O)c1ccc(CO[N+](=O)[O-])cc1. The van der Waals surface area contributed by atoms with E-state index >= 15 is 0 Å². The van der Waals surface area contributed by atoms with Crippen LogP contribution in [0.4, 0.5) is 0 Å². The maximum absolute atomic E-state index is 10.9. The van der Waals surface area contributed by atoms with Gasteiger partial charge >= 0.3 is 0 Å². The van der Waals surface area contributed by atoms with Gasteiger partial charge in [-0.05, 0) is 12.5 Å². The molecule has 0 fully saturated rings. The molecule has 0 amide bonds. The number of nitrogens with zero attached hydrogens (tertiary/aromatic N) is 1. The number of Topliss-reactive ketones (excluding diaryl/α,β-unsaturated/α-hetero) is 1. The molecule has 0 aliphatic heterocycles. The van der Waals surface area contributed by atoms with Crippen molar-refractivity contribution in [1.29, 1.82) is 0 Å². The first-order chi connectivity index (χ1) is 8.59. The maximum Gasteiger partial charge on any atom is 0.294 e. The smallest absolute Gasteiger partial charge is 0.294 e. The van der Waals surface area contributed by atoms with Crippen molar-refractivity contribution in [3.8, 4) is 0 Å². The van der Waals surface area contributed by atoms with Crippen molar-refractivity contribution in [2.75, 3.05) is 0 Å². The Morgan fingerprint density at radius 2 is 1.61 bits per heavy atom. The Bertz CT molecular complexity index is 347. The summed E-state index contributed by atoms with van der Waals surface area (Å²) in [5, 5.41) is 9.03. The monoisotopic (exact) mass is 255 g/mol. The number of carbonyl (C=O) groups is 1. The van der Waals surface area contributed by atoms with Gasteiger partial charge in [0.05, 0.1) is 0 Å². The molecule has 0 aromatic heterocycles. The second kappa shape index (κ2) is 11.6. The summed E-state index contributed by atoms with van der Waals surface area (Å²) in [6.07, 6.45) is 0. The van der Waals surface area contributed by atoms with Gasteiger partial charge in [0.25, 0.3) is 5.09 Å². The molecule has 102 valence electrons. The minimum Gasteiger partial charge on any atom is -0.309 e. The predicted octanol–water partition coefficient (Wildman–Crippen LogP) is 3.65. The molecule has 0 spiro atoms. The summed E-state index contributed by atoms with van der Waals surface area (Å²) in [7, 11) is 0. The van der Waals surface area contributed by atoms with E-state index in [0.717, 1.165) is 0 Å². The molecule has 0 N–H and O–H groups in total. The van der Waals surface area contributed by atoms with E-state index < -0.39 is 5.09 Å². The first kappa shape index (κ1) is 18.5. The van der Waals surface area contributed by atoms with Gasteiger partial charge in [-0.3, -0.25) is 4.79 Å². The number of carbonyl (C=O) groups excluding carboxylic acids is 1. The number of ketones is 1. The molecule has 0 saturated carbocycles. The van der Waals surface area contributed by atoms with E-state index in [9.17, 15) is 14.9 Å². The highest BCUT2D eigenvalue weighted by molar-refractivity contribution is 5.93. The van der Waals surface area contributed by atoms with Gasteiger partial charge < -0.3 is 4.84 Å². The number of hydrogen-bond donors (Lipinski definition) is 0. The summed E-state index contributed by atoms with van der Waals surface area (Å²) in [5.74, 6) is -0.0354. The summed E-state index contributed by atoms with van der Waals surface area (Å²) in [6, 6.07) is 6.47. The van der Waals surface area contributed by atoms with Crippen LogP contribution >= 0.6 is 0 Å². The molecule has 0 aliphatic rings. The second-order valence-electron chi connectivity index (χ2n) is 2.75. The molecule has 0 atom stereocenters. The van der Waals surface area contributed by atoms with Crippen LogP contribution in [0.5, 0.6) is 0 Å². The zero-order chi connectivity index (χ0) is 14.6. The highest BCUT2D eigenvalue weighted by Gasteiger charge is 2.00. The molecule has 0 saturated heterocycles. The number of rotatable bonds is 4. The minimum absolute atomic E-state index is 0.0354. The van der Waals surface area contributed by atoms with Crippen LogP contribution < -0.4 is 0 Å². The fraction of sp³-hybridized carbons (Fsp3) is 0.462. The molecule has 1 aromatic carbocycles. The number of hydrogen-bond acceptors (Lipinski definition) is 4. The summed E-state index contributed by atoms with van der Waals surface area (Å²) < 4.78 is 0. The summed E-state index contributed by atoms with van der Waals surface area (Å²) >= 11 is 0. The van der Waals surface area contributed by atoms with Crippen LogP contribution in [0.25, 0.3) is 0 Å². The third kappa shape index (κ3) is 8.27. The van der Waals surface area contributed by atoms with E-state index in [1.54, 1.807) is 24.3 Å². The third-order valence-electron chi connectivity index (χ3n) is 1.70. The van der Waals surface area contributed by atoms with Crippen LogP contribution in [-0.2, 0) is 11.4 Å². The average molecular weight is 255 g/mol. The minimum atomic E-state index is -0.848. The Kier molecular flexibility index (Phi) is 11.9. The molecule has 5 nitrogen and oxygen atoms in total. The van der Waals surface area contributed by atoms with Crippen LogP contribution in [0.15, 0.2) is 24.3 Å². The summed E-state index contributed by atoms with van der Waals surface area (Å²) in [5.41, 5.74) is 1.24. The zero-order valence-electron chi connectivity index (χ0n) is 11.6. The van der Waals surface area contributed by atoms with Crippen molar-refractivity contribution < 1.29 is 14.7 Å². The van der Waals surface area contributed by atoms with E-state index in [0.29, 0.717) is 11.1 Å². The van der Waals surface area contributed by atoms with Crippen molar-refractivity contribution in [1.82, 2.24) is 0 Å². The van der Waals surface area contributed by atoms with Gasteiger partial charge in [0.1, 0.15) is 6.61 Å². The third-order valence-corrected chi connectivity index (χ3v) is 1.70. The van der Waals surface area contributed by atoms with Gasteiger partial charge in [-0.1, -0.05) is 52.0 Å². The topological polar surface area (TPSA) is 69.4 Å². The number of benzene rings is 1. The van der Waals surface area contributed by atoms with Crippen LogP contribution in [-0.4, -0.2) is 10.9 Å². The van der Waals surface area contributed by atoms with E-state index in [1.165, 1.54) is 6.92 Å². The van der Waals surface area contributed by atoms with Crippen molar-refractivity contribution in [3.63, 3.8) is 0 Å². The maximum atomic E-state index is 10.9. The van der Waals surface area contributed by atoms with Gasteiger partial charge in [0.15, 0.2) is 5.78 Å². The molecule has 5 heteroatoms. The van der Waals surface area contributed by atoms with E-state index in [-0.39, 0.29) is 12.4 Å². The van der Waals surface area contributed by atoms with Crippen molar-refractivity contribution in [3.05, 3.63) is 45.5 Å². The van der Waals surface area contributed by atoms with Gasteiger partial charge in [-0.25, -0.2) is 0 Å². The lowest BCUT2D eigenvalue weighted by Gasteiger charge is -2.00. The Balaban J connectivity index is 0. The van der Waals surface area contributed by atoms with Crippen molar-refractivity contribution in [2.45, 2.75) is 41.2 Å². The van der Waals surface area contributed by atoms with Crippen molar-refractivity contribution in [2.24, 2.45) is 0 Å². The lowest BCUT2D eigenvalue weighted by molar-refractivity contribution is -0.763. The van der Waals surface area contributed by atoms with Crippen molar-refractivity contribution >= 4 is 5.78 Å². The molecular weight excluding hydrogens is 234 g/mol. The molecule has 0 radical (unpaired) electrons. The highest BCUT2D eigenvalue weighted by atomic mass is 16.9. The van der Waals surface area contributed by atoms with Gasteiger partial charge in [-0.2, -0.15) is 0 Å². The Labute approximate surface area is 108 Å². The fourth-order valence-electron chi connectivity index (χ4n) is 0.963. The molecule has 0 unspecified atom stereocenters. The van der Waals surface area contributed by atoms with Gasteiger partial charge in [0.2, 0.25) is 0 Å². The van der Waals surface area contributed by atoms with E-state index in [1.807, 2.05) is 27.7 Å². The molecule has 0 heterocycles. The first-order valence-corrected chi connectivity index (χ1v) is 5.97. The Morgan fingerprint density at radius 1 is 1.17 bits per heavy atom. The van der Waals surface area contributed by atoms with Crippen LogP contribution in [0, 0.1) is 10.1 Å². The normalized spacial score (nSPS) is 8.06.